The number of hydrogen-bond donors (Lipinski definition) is 1. The van der Waals surface area contributed by atoms with Crippen molar-refractivity contribution < 1.29 is 14.4 Å². The highest BCUT2D eigenvalue weighted by Gasteiger charge is 2.28. The zero-order valence-corrected chi connectivity index (χ0v) is 10.6. The molecule has 100 valence electrons. The fourth-order valence-electron chi connectivity index (χ4n) is 1.97. The molecule has 1 heterocycles. The Morgan fingerprint density at radius 2 is 1.74 bits per heavy atom. The van der Waals surface area contributed by atoms with Gasteiger partial charge in [0.15, 0.2) is 0 Å². The quantitative estimate of drug-likeness (QED) is 0.798. The molecule has 0 aliphatic carbocycles. The highest BCUT2D eigenvalue weighted by atomic mass is 16.2. The molecule has 0 bridgehead atoms. The van der Waals surface area contributed by atoms with Crippen LogP contribution < -0.4 is 5.32 Å². The Hall–Kier alpha value is -2.17. The average Bonchev–Trinajstić information content (AvgIpc) is 2.75. The number of carbonyl (C=O) groups excluding carboxylic acids is 3. The second-order valence-corrected chi connectivity index (χ2v) is 4.45. The maximum Gasteiger partial charge on any atom is 0.229 e. The van der Waals surface area contributed by atoms with Gasteiger partial charge in [-0.05, 0) is 5.56 Å². The normalized spacial score (nSPS) is 14.8. The lowest BCUT2D eigenvalue weighted by molar-refractivity contribution is -0.138. The summed E-state index contributed by atoms with van der Waals surface area (Å²) in [5, 5.41) is 2.76. The van der Waals surface area contributed by atoms with Gasteiger partial charge in [-0.15, -0.1) is 0 Å². The monoisotopic (exact) mass is 260 g/mol. The van der Waals surface area contributed by atoms with Crippen molar-refractivity contribution in [1.29, 1.82) is 0 Å². The van der Waals surface area contributed by atoms with Crippen LogP contribution in [0.25, 0.3) is 0 Å². The maximum absolute atomic E-state index is 11.6. The van der Waals surface area contributed by atoms with Crippen molar-refractivity contribution in [2.75, 3.05) is 6.54 Å². The lowest BCUT2D eigenvalue weighted by Crippen LogP contribution is -2.34. The highest BCUT2D eigenvalue weighted by Crippen LogP contribution is 2.11. The van der Waals surface area contributed by atoms with Crippen molar-refractivity contribution in [3.63, 3.8) is 0 Å². The van der Waals surface area contributed by atoms with E-state index < -0.39 is 0 Å². The van der Waals surface area contributed by atoms with Gasteiger partial charge in [0.25, 0.3) is 0 Å². The zero-order chi connectivity index (χ0) is 13.7. The predicted molar refractivity (Wildman–Crippen MR) is 68.9 cm³/mol. The molecular weight excluding hydrogens is 244 g/mol. The molecule has 0 aromatic heterocycles. The highest BCUT2D eigenvalue weighted by molar-refractivity contribution is 6.02. The standard InChI is InChI=1S/C14H16N2O3/c17-12(15-10-11-4-2-1-3-5-11)8-9-16-13(18)6-7-14(16)19/h1-5H,6-10H2,(H,15,17). The molecule has 0 atom stereocenters. The topological polar surface area (TPSA) is 66.5 Å². The van der Waals surface area contributed by atoms with Gasteiger partial charge in [-0.25, -0.2) is 0 Å². The Labute approximate surface area is 111 Å². The van der Waals surface area contributed by atoms with Crippen molar-refractivity contribution in [3.8, 4) is 0 Å². The first-order chi connectivity index (χ1) is 9.16. The van der Waals surface area contributed by atoms with Crippen LogP contribution in [0.3, 0.4) is 0 Å². The first kappa shape index (κ1) is 13.3. The summed E-state index contributed by atoms with van der Waals surface area (Å²) in [6.07, 6.45) is 0.694. The van der Waals surface area contributed by atoms with E-state index in [4.69, 9.17) is 0 Å². The zero-order valence-electron chi connectivity index (χ0n) is 10.6. The second-order valence-electron chi connectivity index (χ2n) is 4.45. The van der Waals surface area contributed by atoms with Crippen molar-refractivity contribution >= 4 is 17.7 Å². The van der Waals surface area contributed by atoms with Crippen LogP contribution in [0.5, 0.6) is 0 Å². The summed E-state index contributed by atoms with van der Waals surface area (Å²) in [6.45, 7) is 0.639. The van der Waals surface area contributed by atoms with Gasteiger partial charge < -0.3 is 5.32 Å². The van der Waals surface area contributed by atoms with Gasteiger partial charge in [-0.1, -0.05) is 30.3 Å². The number of amides is 3. The molecule has 0 unspecified atom stereocenters. The van der Waals surface area contributed by atoms with Gasteiger partial charge in [0, 0.05) is 32.4 Å². The third kappa shape index (κ3) is 3.64. The number of likely N-dealkylation sites (tertiary alicyclic amines) is 1. The smallest absolute Gasteiger partial charge is 0.229 e. The minimum Gasteiger partial charge on any atom is -0.352 e. The predicted octanol–water partition coefficient (Wildman–Crippen LogP) is 0.842. The van der Waals surface area contributed by atoms with E-state index in [-0.39, 0.29) is 43.5 Å². The molecule has 0 spiro atoms. The number of benzene rings is 1. The van der Waals surface area contributed by atoms with Crippen LogP contribution in [-0.2, 0) is 20.9 Å². The van der Waals surface area contributed by atoms with E-state index in [1.54, 1.807) is 0 Å². The Morgan fingerprint density at radius 3 is 2.37 bits per heavy atom. The number of hydrogen-bond acceptors (Lipinski definition) is 3. The summed E-state index contributed by atoms with van der Waals surface area (Å²) >= 11 is 0. The molecule has 0 saturated carbocycles. The molecular formula is C14H16N2O3. The minimum atomic E-state index is -0.180. The van der Waals surface area contributed by atoms with Gasteiger partial charge in [-0.2, -0.15) is 0 Å². The summed E-state index contributed by atoms with van der Waals surface area (Å²) in [5.74, 6) is -0.516. The van der Waals surface area contributed by atoms with Gasteiger partial charge in [0.2, 0.25) is 17.7 Å². The largest absolute Gasteiger partial charge is 0.352 e. The van der Waals surface area contributed by atoms with E-state index in [0.717, 1.165) is 5.56 Å². The second kappa shape index (κ2) is 6.13. The Balaban J connectivity index is 1.73. The van der Waals surface area contributed by atoms with Crippen LogP contribution in [0.1, 0.15) is 24.8 Å². The summed E-state index contributed by atoms with van der Waals surface area (Å²) in [7, 11) is 0. The molecule has 5 nitrogen and oxygen atoms in total. The molecule has 1 aromatic carbocycles. The lowest BCUT2D eigenvalue weighted by atomic mass is 10.2. The van der Waals surface area contributed by atoms with Crippen molar-refractivity contribution in [3.05, 3.63) is 35.9 Å². The molecule has 1 saturated heterocycles. The molecule has 5 heteroatoms. The fraction of sp³-hybridized carbons (Fsp3) is 0.357. The molecule has 3 amide bonds. The molecule has 1 aromatic rings. The van der Waals surface area contributed by atoms with Gasteiger partial charge >= 0.3 is 0 Å². The summed E-state index contributed by atoms with van der Waals surface area (Å²) in [6, 6.07) is 9.57. The summed E-state index contributed by atoms with van der Waals surface area (Å²) < 4.78 is 0. The molecule has 19 heavy (non-hydrogen) atoms. The SMILES string of the molecule is O=C(CCN1C(=O)CCC1=O)NCc1ccccc1. The fourth-order valence-corrected chi connectivity index (χ4v) is 1.97. The number of carbonyl (C=O) groups is 3. The molecule has 2 rings (SSSR count). The number of nitrogens with zero attached hydrogens (tertiary/aromatic N) is 1. The first-order valence-electron chi connectivity index (χ1n) is 6.30. The van der Waals surface area contributed by atoms with Crippen LogP contribution in [-0.4, -0.2) is 29.2 Å². The molecule has 0 radical (unpaired) electrons. The Morgan fingerprint density at radius 1 is 1.11 bits per heavy atom. The lowest BCUT2D eigenvalue weighted by Gasteiger charge is -2.13. The van der Waals surface area contributed by atoms with Gasteiger partial charge in [0.05, 0.1) is 0 Å². The Bertz CT molecular complexity index is 469. The van der Waals surface area contributed by atoms with Crippen LogP contribution in [0, 0.1) is 0 Å². The van der Waals surface area contributed by atoms with E-state index >= 15 is 0 Å². The van der Waals surface area contributed by atoms with Crippen LogP contribution in [0.2, 0.25) is 0 Å². The van der Waals surface area contributed by atoms with Crippen molar-refractivity contribution in [1.82, 2.24) is 10.2 Å². The van der Waals surface area contributed by atoms with Crippen LogP contribution >= 0.6 is 0 Å². The van der Waals surface area contributed by atoms with Crippen molar-refractivity contribution in [2.45, 2.75) is 25.8 Å². The van der Waals surface area contributed by atoms with Gasteiger partial charge in [-0.3, -0.25) is 19.3 Å². The average molecular weight is 260 g/mol. The first-order valence-corrected chi connectivity index (χ1v) is 6.30. The molecule has 1 fully saturated rings. The number of rotatable bonds is 5. The molecule has 1 N–H and O–H groups in total. The maximum atomic E-state index is 11.6. The van der Waals surface area contributed by atoms with Crippen LogP contribution in [0.15, 0.2) is 30.3 Å². The van der Waals surface area contributed by atoms with E-state index in [1.165, 1.54) is 4.90 Å². The van der Waals surface area contributed by atoms with Crippen LogP contribution in [0.4, 0.5) is 0 Å². The van der Waals surface area contributed by atoms with Crippen molar-refractivity contribution in [2.24, 2.45) is 0 Å². The van der Waals surface area contributed by atoms with E-state index in [0.29, 0.717) is 6.54 Å². The number of nitrogens with one attached hydrogen (secondary N) is 1. The Kier molecular flexibility index (Phi) is 4.28. The molecule has 1 aliphatic rings. The number of imide groups is 1. The summed E-state index contributed by atoms with van der Waals surface area (Å²) in [4.78, 5) is 35.5. The minimum absolute atomic E-state index is 0.156. The third-order valence-corrected chi connectivity index (χ3v) is 3.05. The molecule has 1 aliphatic heterocycles. The third-order valence-electron chi connectivity index (χ3n) is 3.05. The van der Waals surface area contributed by atoms with E-state index in [9.17, 15) is 14.4 Å². The van der Waals surface area contributed by atoms with E-state index in [1.807, 2.05) is 30.3 Å². The van der Waals surface area contributed by atoms with E-state index in [2.05, 4.69) is 5.32 Å². The summed E-state index contributed by atoms with van der Waals surface area (Å²) in [5.41, 5.74) is 1.02. The van der Waals surface area contributed by atoms with Gasteiger partial charge in [0.1, 0.15) is 0 Å².